The zero-order valence-electron chi connectivity index (χ0n) is 13.3. The van der Waals surface area contributed by atoms with Crippen molar-refractivity contribution >= 4 is 23.2 Å². The topological polar surface area (TPSA) is 110 Å². The van der Waals surface area contributed by atoms with Crippen LogP contribution >= 0.6 is 11.3 Å². The molecule has 8 nitrogen and oxygen atoms in total. The maximum absolute atomic E-state index is 12.1. The highest BCUT2D eigenvalue weighted by Crippen LogP contribution is 2.13. The maximum Gasteiger partial charge on any atom is 0.261 e. The Morgan fingerprint density at radius 3 is 2.80 bits per heavy atom. The minimum Gasteiger partial charge on any atom is -0.345 e. The van der Waals surface area contributed by atoms with Crippen LogP contribution in [0, 0.1) is 0 Å². The second-order valence-electron chi connectivity index (χ2n) is 5.14. The molecule has 2 N–H and O–H groups in total. The minimum absolute atomic E-state index is 0.0795. The Hall–Kier alpha value is -3.07. The van der Waals surface area contributed by atoms with Gasteiger partial charge in [-0.3, -0.25) is 14.6 Å². The monoisotopic (exact) mass is 357 g/mol. The quantitative estimate of drug-likeness (QED) is 0.694. The highest BCUT2D eigenvalue weighted by Gasteiger charge is 2.18. The molecule has 0 aliphatic rings. The van der Waals surface area contributed by atoms with Gasteiger partial charge in [0.05, 0.1) is 11.4 Å². The second-order valence-corrected chi connectivity index (χ2v) is 6.09. The smallest absolute Gasteiger partial charge is 0.261 e. The molecule has 25 heavy (non-hydrogen) atoms. The van der Waals surface area contributed by atoms with Crippen molar-refractivity contribution in [1.29, 1.82) is 0 Å². The molecule has 0 aliphatic carbocycles. The number of nitrogens with zero attached hydrogens (tertiary/aromatic N) is 3. The molecule has 0 radical (unpaired) electrons. The summed E-state index contributed by atoms with van der Waals surface area (Å²) < 4.78 is 5.11. The van der Waals surface area contributed by atoms with Crippen LogP contribution in [0.15, 0.2) is 46.6 Å². The zero-order chi connectivity index (χ0) is 17.6. The summed E-state index contributed by atoms with van der Waals surface area (Å²) in [5.41, 5.74) is 0.771. The number of nitrogens with one attached hydrogen (secondary N) is 2. The Bertz CT molecular complexity index is 848. The molecule has 0 fully saturated rings. The van der Waals surface area contributed by atoms with Crippen molar-refractivity contribution in [1.82, 2.24) is 25.8 Å². The van der Waals surface area contributed by atoms with E-state index < -0.39 is 6.04 Å². The van der Waals surface area contributed by atoms with E-state index in [1.165, 1.54) is 11.3 Å². The number of carbonyl (C=O) groups excluding carboxylic acids is 2. The average Bonchev–Trinajstić information content (AvgIpc) is 3.32. The summed E-state index contributed by atoms with van der Waals surface area (Å²) in [6, 6.07) is 6.31. The van der Waals surface area contributed by atoms with Gasteiger partial charge in [0, 0.05) is 18.0 Å². The molecule has 0 saturated heterocycles. The summed E-state index contributed by atoms with van der Waals surface area (Å²) in [6.07, 6.45) is 3.26. The van der Waals surface area contributed by atoms with Gasteiger partial charge in [-0.2, -0.15) is 4.98 Å². The molecule has 0 aliphatic heterocycles. The van der Waals surface area contributed by atoms with E-state index in [1.54, 1.807) is 49.0 Å². The lowest BCUT2D eigenvalue weighted by Crippen LogP contribution is -2.44. The Labute approximate surface area is 147 Å². The molecule has 1 atom stereocenters. The first-order valence-corrected chi connectivity index (χ1v) is 8.36. The minimum atomic E-state index is -0.683. The largest absolute Gasteiger partial charge is 0.345 e. The van der Waals surface area contributed by atoms with E-state index in [9.17, 15) is 9.59 Å². The van der Waals surface area contributed by atoms with E-state index >= 15 is 0 Å². The molecule has 0 saturated carbocycles. The maximum atomic E-state index is 12.1. The molecular formula is C16H15N5O3S. The van der Waals surface area contributed by atoms with Gasteiger partial charge in [-0.15, -0.1) is 11.3 Å². The van der Waals surface area contributed by atoms with E-state index in [0.717, 1.165) is 5.56 Å². The van der Waals surface area contributed by atoms with Gasteiger partial charge in [-0.1, -0.05) is 11.2 Å². The van der Waals surface area contributed by atoms with Crippen LogP contribution in [0.3, 0.4) is 0 Å². The molecule has 3 aromatic heterocycles. The highest BCUT2D eigenvalue weighted by atomic mass is 32.1. The van der Waals surface area contributed by atoms with Crippen LogP contribution < -0.4 is 10.6 Å². The van der Waals surface area contributed by atoms with Gasteiger partial charge in [0.25, 0.3) is 5.91 Å². The lowest BCUT2D eigenvalue weighted by Gasteiger charge is -2.12. The van der Waals surface area contributed by atoms with Gasteiger partial charge in [-0.25, -0.2) is 0 Å². The predicted molar refractivity (Wildman–Crippen MR) is 90.6 cm³/mol. The van der Waals surface area contributed by atoms with Crippen LogP contribution in [0.25, 0.3) is 11.4 Å². The third-order valence-electron chi connectivity index (χ3n) is 3.31. The van der Waals surface area contributed by atoms with E-state index in [-0.39, 0.29) is 24.2 Å². The zero-order valence-corrected chi connectivity index (χ0v) is 14.1. The standard InChI is InChI=1S/C16H15N5O3S/c1-10(19-16(23)12-3-2-8-25-12)15(22)18-9-13-20-14(21-24-13)11-4-6-17-7-5-11/h2-8,10H,9H2,1H3,(H,18,22)(H,19,23). The molecule has 3 heterocycles. The fraction of sp³-hybridized carbons (Fsp3) is 0.188. The summed E-state index contributed by atoms with van der Waals surface area (Å²) >= 11 is 1.31. The number of hydrogen-bond donors (Lipinski definition) is 2. The SMILES string of the molecule is CC(NC(=O)c1cccs1)C(=O)NCc1nc(-c2ccncc2)no1. The average molecular weight is 357 g/mol. The van der Waals surface area contributed by atoms with Gasteiger partial charge in [0.1, 0.15) is 6.04 Å². The molecule has 128 valence electrons. The van der Waals surface area contributed by atoms with Crippen molar-refractivity contribution in [3.8, 4) is 11.4 Å². The first-order chi connectivity index (χ1) is 12.1. The number of thiophene rings is 1. The lowest BCUT2D eigenvalue weighted by atomic mass is 10.2. The molecule has 9 heteroatoms. The van der Waals surface area contributed by atoms with Crippen molar-refractivity contribution in [2.75, 3.05) is 0 Å². The molecule has 1 unspecified atom stereocenters. The lowest BCUT2D eigenvalue weighted by molar-refractivity contribution is -0.122. The summed E-state index contributed by atoms with van der Waals surface area (Å²) in [5.74, 6) is 0.0756. The molecule has 3 aromatic rings. The van der Waals surface area contributed by atoms with Crippen molar-refractivity contribution in [2.45, 2.75) is 19.5 Å². The van der Waals surface area contributed by atoms with Crippen LogP contribution in [0.4, 0.5) is 0 Å². The molecular weight excluding hydrogens is 342 g/mol. The second kappa shape index (κ2) is 7.67. The van der Waals surface area contributed by atoms with Gasteiger partial charge < -0.3 is 15.2 Å². The van der Waals surface area contributed by atoms with Crippen molar-refractivity contribution < 1.29 is 14.1 Å². The van der Waals surface area contributed by atoms with E-state index in [2.05, 4.69) is 25.8 Å². The summed E-state index contributed by atoms with van der Waals surface area (Å²) in [5, 5.41) is 10.9. The van der Waals surface area contributed by atoms with Crippen LogP contribution in [-0.4, -0.2) is 33.0 Å². The first-order valence-electron chi connectivity index (χ1n) is 7.48. The number of aromatic nitrogens is 3. The Kier molecular flexibility index (Phi) is 5.14. The molecule has 0 bridgehead atoms. The Morgan fingerprint density at radius 1 is 1.28 bits per heavy atom. The van der Waals surface area contributed by atoms with Crippen molar-refractivity contribution in [2.24, 2.45) is 0 Å². The number of pyridine rings is 1. The number of rotatable bonds is 6. The summed E-state index contributed by atoms with van der Waals surface area (Å²) in [4.78, 5) is 32.7. The van der Waals surface area contributed by atoms with Crippen LogP contribution in [-0.2, 0) is 11.3 Å². The number of carbonyl (C=O) groups is 2. The first kappa shape index (κ1) is 16.8. The van der Waals surface area contributed by atoms with Gasteiger partial charge in [0.2, 0.25) is 17.6 Å². The molecule has 0 spiro atoms. The Balaban J connectivity index is 1.52. The fourth-order valence-corrected chi connectivity index (χ4v) is 2.63. The van der Waals surface area contributed by atoms with E-state index in [0.29, 0.717) is 10.7 Å². The van der Waals surface area contributed by atoms with E-state index in [1.807, 2.05) is 0 Å². The van der Waals surface area contributed by atoms with Crippen molar-refractivity contribution in [3.63, 3.8) is 0 Å². The highest BCUT2D eigenvalue weighted by molar-refractivity contribution is 7.12. The van der Waals surface area contributed by atoms with E-state index in [4.69, 9.17) is 4.52 Å². The Morgan fingerprint density at radius 2 is 2.08 bits per heavy atom. The van der Waals surface area contributed by atoms with Crippen LogP contribution in [0.5, 0.6) is 0 Å². The molecule has 3 rings (SSSR count). The van der Waals surface area contributed by atoms with Gasteiger partial charge >= 0.3 is 0 Å². The number of amides is 2. The fourth-order valence-electron chi connectivity index (χ4n) is 2.00. The summed E-state index contributed by atoms with van der Waals surface area (Å²) in [6.45, 7) is 1.69. The predicted octanol–water partition coefficient (Wildman–Crippen LogP) is 1.63. The third-order valence-corrected chi connectivity index (χ3v) is 4.17. The van der Waals surface area contributed by atoms with Gasteiger partial charge in [-0.05, 0) is 30.5 Å². The summed E-state index contributed by atoms with van der Waals surface area (Å²) in [7, 11) is 0. The van der Waals surface area contributed by atoms with Crippen molar-refractivity contribution in [3.05, 3.63) is 52.8 Å². The van der Waals surface area contributed by atoms with Crippen LogP contribution in [0.2, 0.25) is 0 Å². The molecule has 2 amide bonds. The normalized spacial score (nSPS) is 11.7. The third kappa shape index (κ3) is 4.27. The molecule has 0 aromatic carbocycles. The van der Waals surface area contributed by atoms with Gasteiger partial charge in [0.15, 0.2) is 0 Å². The number of hydrogen-bond acceptors (Lipinski definition) is 7. The van der Waals surface area contributed by atoms with Crippen LogP contribution in [0.1, 0.15) is 22.5 Å².